The van der Waals surface area contributed by atoms with E-state index in [9.17, 15) is 50.8 Å². The summed E-state index contributed by atoms with van der Waals surface area (Å²) in [5.41, 5.74) is 11.4. The van der Waals surface area contributed by atoms with Crippen molar-refractivity contribution in [3.8, 4) is 0 Å². The van der Waals surface area contributed by atoms with Crippen molar-refractivity contribution in [1.29, 1.82) is 0 Å². The second-order valence-corrected chi connectivity index (χ2v) is 12.9. The van der Waals surface area contributed by atoms with Crippen molar-refractivity contribution in [1.82, 2.24) is 5.32 Å². The first kappa shape index (κ1) is 45.8. The summed E-state index contributed by atoms with van der Waals surface area (Å²) in [6, 6.07) is -0.693. The molecule has 14 N–H and O–H groups in total. The fourth-order valence-corrected chi connectivity index (χ4v) is 4.63. The topological polar surface area (TPSA) is 276 Å². The molecule has 0 heterocycles. The fraction of sp³-hybridized carbons (Fsp3) is 0.765. The third-order valence-electron chi connectivity index (χ3n) is 7.65. The van der Waals surface area contributed by atoms with Crippen molar-refractivity contribution in [3.63, 3.8) is 0 Å². The van der Waals surface area contributed by atoms with Crippen molar-refractivity contribution in [2.45, 2.75) is 152 Å². The molecule has 0 saturated heterocycles. The molecule has 10 atom stereocenters. The summed E-state index contributed by atoms with van der Waals surface area (Å²) in [5.74, 6) is -0.502. The van der Waals surface area contributed by atoms with Crippen LogP contribution in [0.25, 0.3) is 0 Å². The zero-order valence-electron chi connectivity index (χ0n) is 28.8. The van der Waals surface area contributed by atoms with Gasteiger partial charge in [0, 0.05) is 25.8 Å². The molecular formula is C34H64N4O10. The average Bonchev–Trinajstić information content (AvgIpc) is 2.98. The van der Waals surface area contributed by atoms with Gasteiger partial charge in [-0.05, 0) is 57.3 Å². The molecule has 0 aromatic rings. The first-order chi connectivity index (χ1) is 22.5. The van der Waals surface area contributed by atoms with E-state index in [4.69, 9.17) is 11.5 Å². The summed E-state index contributed by atoms with van der Waals surface area (Å²) < 4.78 is 0. The van der Waals surface area contributed by atoms with Crippen LogP contribution in [0.2, 0.25) is 0 Å². The van der Waals surface area contributed by atoms with Crippen LogP contribution in [-0.2, 0) is 4.79 Å². The van der Waals surface area contributed by atoms with Gasteiger partial charge in [0.25, 0.3) is 0 Å². The van der Waals surface area contributed by atoms with E-state index in [2.05, 4.69) is 10.3 Å². The van der Waals surface area contributed by atoms with Crippen molar-refractivity contribution < 1.29 is 50.8 Å². The zero-order chi connectivity index (χ0) is 36.6. The number of nitrogens with two attached hydrogens (primary N) is 2. The molecule has 0 aromatic carbocycles. The maximum Gasteiger partial charge on any atom is 0.243 e. The zero-order valence-corrected chi connectivity index (χ0v) is 28.8. The summed E-state index contributed by atoms with van der Waals surface area (Å²) in [6.07, 6.45) is 3.69. The lowest BCUT2D eigenvalue weighted by Crippen LogP contribution is -2.48. The van der Waals surface area contributed by atoms with Gasteiger partial charge in [-0.15, -0.1) is 0 Å². The highest BCUT2D eigenvalue weighted by molar-refractivity contribution is 5.98. The molecule has 0 aliphatic heterocycles. The van der Waals surface area contributed by atoms with E-state index in [-0.39, 0.29) is 69.8 Å². The molecule has 14 nitrogen and oxygen atoms in total. The van der Waals surface area contributed by atoms with Gasteiger partial charge in [0.2, 0.25) is 5.91 Å². The number of nitrogens with zero attached hydrogens (tertiary/aromatic N) is 1. The Morgan fingerprint density at radius 3 is 1.54 bits per heavy atom. The number of aliphatic hydroxyl groups excluding tert-OH is 9. The van der Waals surface area contributed by atoms with E-state index in [1.165, 1.54) is 18.2 Å². The van der Waals surface area contributed by atoms with Gasteiger partial charge in [-0.1, -0.05) is 57.2 Å². The first-order valence-corrected chi connectivity index (χ1v) is 17.0. The number of amides is 1. The van der Waals surface area contributed by atoms with E-state index in [0.29, 0.717) is 19.3 Å². The molecule has 280 valence electrons. The number of rotatable bonds is 26. The molecule has 0 aliphatic rings. The summed E-state index contributed by atoms with van der Waals surface area (Å²) in [4.78, 5) is 15.9. The van der Waals surface area contributed by atoms with Crippen LogP contribution in [0.5, 0.6) is 0 Å². The number of carbonyl (C=O) groups excluding carboxylic acids is 1. The molecule has 0 aromatic heterocycles. The summed E-state index contributed by atoms with van der Waals surface area (Å²) in [6.45, 7) is 5.73. The van der Waals surface area contributed by atoms with E-state index in [0.717, 1.165) is 0 Å². The molecule has 0 radical (unpaired) electrons. The summed E-state index contributed by atoms with van der Waals surface area (Å²) in [7, 11) is 0. The largest absolute Gasteiger partial charge is 0.393 e. The maximum absolute atomic E-state index is 11.9. The lowest BCUT2D eigenvalue weighted by Gasteiger charge is -2.17. The van der Waals surface area contributed by atoms with E-state index in [1.54, 1.807) is 18.2 Å². The van der Waals surface area contributed by atoms with Crippen molar-refractivity contribution >= 4 is 11.9 Å². The van der Waals surface area contributed by atoms with Gasteiger partial charge in [-0.25, -0.2) is 0 Å². The second kappa shape index (κ2) is 26.6. The minimum absolute atomic E-state index is 0.0164. The maximum atomic E-state index is 11.9. The molecule has 48 heavy (non-hydrogen) atoms. The van der Waals surface area contributed by atoms with Gasteiger partial charge < -0.3 is 57.4 Å². The Hall–Kier alpha value is -2.24. The third-order valence-corrected chi connectivity index (χ3v) is 7.65. The summed E-state index contributed by atoms with van der Waals surface area (Å²) >= 11 is 0. The minimum Gasteiger partial charge on any atom is -0.393 e. The van der Waals surface area contributed by atoms with Gasteiger partial charge in [0.15, 0.2) is 5.96 Å². The quantitative estimate of drug-likeness (QED) is 0.0240. The van der Waals surface area contributed by atoms with Crippen molar-refractivity contribution in [3.05, 3.63) is 36.5 Å². The first-order valence-electron chi connectivity index (χ1n) is 17.0. The van der Waals surface area contributed by atoms with E-state index >= 15 is 0 Å². The highest BCUT2D eigenvalue weighted by atomic mass is 16.3. The molecular weight excluding hydrogens is 624 g/mol. The monoisotopic (exact) mass is 688 g/mol. The Balaban J connectivity index is 4.25. The Labute approximate surface area is 285 Å². The van der Waals surface area contributed by atoms with Gasteiger partial charge in [-0.2, -0.15) is 0 Å². The molecule has 0 saturated carbocycles. The number of hydrogen-bond acceptors (Lipinski definition) is 12. The van der Waals surface area contributed by atoms with Crippen LogP contribution in [0.15, 0.2) is 41.4 Å². The lowest BCUT2D eigenvalue weighted by atomic mass is 10.0. The van der Waals surface area contributed by atoms with Crippen molar-refractivity contribution in [2.75, 3.05) is 6.54 Å². The van der Waals surface area contributed by atoms with Gasteiger partial charge in [0.05, 0.1) is 61.0 Å². The Morgan fingerprint density at radius 1 is 0.667 bits per heavy atom. The van der Waals surface area contributed by atoms with Crippen LogP contribution < -0.4 is 16.8 Å². The number of hydrogen-bond donors (Lipinski definition) is 12. The fourth-order valence-electron chi connectivity index (χ4n) is 4.63. The number of nitrogens with one attached hydrogen (secondary N) is 1. The molecule has 10 unspecified atom stereocenters. The average molecular weight is 689 g/mol. The third kappa shape index (κ3) is 24.8. The lowest BCUT2D eigenvalue weighted by molar-refractivity contribution is -0.121. The molecule has 0 spiro atoms. The van der Waals surface area contributed by atoms with Gasteiger partial charge >= 0.3 is 0 Å². The SMILES string of the molecule is CCC(O)CC(O)/C=C/CC(O)CC(O)CC(O)/C=C/CC(O)CC(O)/C=C/CC(O)CC(O)CCCN=C(N)NC(=O)C(N)C(C)C. The number of carbonyl (C=O) groups is 1. The van der Waals surface area contributed by atoms with Crippen LogP contribution in [-0.4, -0.2) is 125 Å². The Kier molecular flexibility index (Phi) is 25.4. The molecule has 0 aliphatic carbocycles. The van der Waals surface area contributed by atoms with Crippen LogP contribution in [0.1, 0.15) is 91.4 Å². The van der Waals surface area contributed by atoms with E-state index in [1.807, 2.05) is 20.8 Å². The standard InChI is InChI=1S/C34H64N4O10/c1-4-23(39)17-24(40)9-5-13-28(44)20-31(47)21-29(45)14-7-12-26(42)18-25(41)10-6-11-27(43)19-30(46)15-8-16-37-34(36)38-33(48)32(35)22(2)3/h5-7,9-10,14,22-32,39-47H,4,8,11-13,15-21,35H2,1-3H3,(H3,36,37,38,48)/b9-5+,10-6+,14-7+. The predicted octanol–water partition coefficient (Wildman–Crippen LogP) is -0.372. The molecule has 0 fully saturated rings. The number of aliphatic imine (C=N–C) groups is 1. The van der Waals surface area contributed by atoms with Gasteiger partial charge in [-0.3, -0.25) is 15.1 Å². The van der Waals surface area contributed by atoms with Crippen LogP contribution in [0.3, 0.4) is 0 Å². The van der Waals surface area contributed by atoms with Crippen LogP contribution in [0.4, 0.5) is 0 Å². The highest BCUT2D eigenvalue weighted by Crippen LogP contribution is 2.13. The Morgan fingerprint density at radius 2 is 1.08 bits per heavy atom. The van der Waals surface area contributed by atoms with E-state index < -0.39 is 66.9 Å². The minimum atomic E-state index is -0.999. The molecule has 0 bridgehead atoms. The molecule has 1 amide bonds. The van der Waals surface area contributed by atoms with Crippen LogP contribution >= 0.6 is 0 Å². The number of guanidine groups is 1. The normalized spacial score (nSPS) is 19.3. The molecule has 0 rings (SSSR count). The second-order valence-electron chi connectivity index (χ2n) is 12.9. The number of aliphatic hydroxyl groups is 9. The smallest absolute Gasteiger partial charge is 0.243 e. The Bertz CT molecular complexity index is 964. The molecule has 14 heteroatoms. The van der Waals surface area contributed by atoms with Crippen LogP contribution in [0, 0.1) is 5.92 Å². The highest BCUT2D eigenvalue weighted by Gasteiger charge is 2.18. The predicted molar refractivity (Wildman–Crippen MR) is 185 cm³/mol. The van der Waals surface area contributed by atoms with Gasteiger partial charge in [0.1, 0.15) is 0 Å². The summed E-state index contributed by atoms with van der Waals surface area (Å²) in [5, 5.41) is 92.9. The van der Waals surface area contributed by atoms with Crippen molar-refractivity contribution in [2.24, 2.45) is 22.4 Å².